The lowest BCUT2D eigenvalue weighted by atomic mass is 9.94. The fraction of sp³-hybridized carbons (Fsp3) is 0.556. The summed E-state index contributed by atoms with van der Waals surface area (Å²) in [5, 5.41) is 0. The fourth-order valence-electron chi connectivity index (χ4n) is 3.75. The van der Waals surface area contributed by atoms with Gasteiger partial charge in [0.25, 0.3) is 5.91 Å². The van der Waals surface area contributed by atoms with Gasteiger partial charge in [-0.05, 0) is 37.5 Å². The van der Waals surface area contributed by atoms with Crippen LogP contribution < -0.4 is 0 Å². The van der Waals surface area contributed by atoms with Crippen molar-refractivity contribution >= 4 is 11.8 Å². The van der Waals surface area contributed by atoms with Crippen LogP contribution >= 0.6 is 0 Å². The lowest BCUT2D eigenvalue weighted by molar-refractivity contribution is -0.140. The van der Waals surface area contributed by atoms with Crippen LogP contribution in [0.1, 0.15) is 42.1 Å². The van der Waals surface area contributed by atoms with Crippen LogP contribution in [0.25, 0.3) is 0 Å². The van der Waals surface area contributed by atoms with E-state index in [0.29, 0.717) is 13.1 Å². The molecule has 2 atom stereocenters. The number of amides is 2. The van der Waals surface area contributed by atoms with Crippen LogP contribution in [0.2, 0.25) is 0 Å². The van der Waals surface area contributed by atoms with Gasteiger partial charge >= 0.3 is 6.18 Å². The van der Waals surface area contributed by atoms with Crippen molar-refractivity contribution in [3.8, 4) is 0 Å². The molecule has 3 aliphatic heterocycles. The monoisotopic (exact) mass is 354 g/mol. The minimum atomic E-state index is -4.48. The Bertz CT molecular complexity index is 675. The van der Waals surface area contributed by atoms with E-state index in [4.69, 9.17) is 0 Å². The Morgan fingerprint density at radius 1 is 1.24 bits per heavy atom. The number of halogens is 3. The molecule has 3 aliphatic rings. The molecule has 0 aliphatic carbocycles. The van der Waals surface area contributed by atoms with Crippen molar-refractivity contribution in [3.63, 3.8) is 0 Å². The first-order chi connectivity index (χ1) is 11.8. The maximum atomic E-state index is 12.9. The highest BCUT2D eigenvalue weighted by Gasteiger charge is 2.41. The lowest BCUT2D eigenvalue weighted by Crippen LogP contribution is -2.48. The van der Waals surface area contributed by atoms with E-state index in [1.54, 1.807) is 4.90 Å². The molecule has 0 N–H and O–H groups in total. The van der Waals surface area contributed by atoms with Crippen LogP contribution in [0.5, 0.6) is 0 Å². The number of nitrogens with zero attached hydrogens (tertiary/aromatic N) is 2. The molecule has 0 unspecified atom stereocenters. The number of rotatable bonds is 3. The highest BCUT2D eigenvalue weighted by molar-refractivity contribution is 5.95. The average Bonchev–Trinajstić information content (AvgIpc) is 2.86. The Morgan fingerprint density at radius 3 is 2.68 bits per heavy atom. The predicted octanol–water partition coefficient (Wildman–Crippen LogP) is 3.18. The van der Waals surface area contributed by atoms with E-state index in [0.717, 1.165) is 31.4 Å². The molecular weight excluding hydrogens is 333 g/mol. The van der Waals surface area contributed by atoms with Gasteiger partial charge in [-0.25, -0.2) is 0 Å². The second-order valence-electron chi connectivity index (χ2n) is 6.75. The predicted molar refractivity (Wildman–Crippen MR) is 85.9 cm³/mol. The third kappa shape index (κ3) is 3.50. The molecular formula is C18H21F3N2O2. The van der Waals surface area contributed by atoms with Crippen molar-refractivity contribution in [2.45, 2.75) is 38.4 Å². The number of hydrogen-bond acceptors (Lipinski definition) is 2. The average molecular weight is 354 g/mol. The number of hydrogen-bond donors (Lipinski definition) is 0. The first kappa shape index (κ1) is 17.8. The summed E-state index contributed by atoms with van der Waals surface area (Å²) in [7, 11) is 0. The van der Waals surface area contributed by atoms with Gasteiger partial charge < -0.3 is 9.80 Å². The van der Waals surface area contributed by atoms with Crippen molar-refractivity contribution in [1.29, 1.82) is 0 Å². The molecule has 7 heteroatoms. The highest BCUT2D eigenvalue weighted by Crippen LogP contribution is 2.32. The molecule has 0 saturated carbocycles. The zero-order chi connectivity index (χ0) is 18.2. The molecule has 0 radical (unpaired) electrons. The molecule has 25 heavy (non-hydrogen) atoms. The van der Waals surface area contributed by atoms with Gasteiger partial charge in [-0.15, -0.1) is 0 Å². The Morgan fingerprint density at radius 2 is 2.00 bits per heavy atom. The molecule has 1 aromatic carbocycles. The third-order valence-electron chi connectivity index (χ3n) is 4.98. The van der Waals surface area contributed by atoms with Gasteiger partial charge in [0.2, 0.25) is 5.91 Å². The van der Waals surface area contributed by atoms with Gasteiger partial charge in [0, 0.05) is 31.2 Å². The van der Waals surface area contributed by atoms with Gasteiger partial charge in [0.1, 0.15) is 0 Å². The van der Waals surface area contributed by atoms with Gasteiger partial charge in [-0.1, -0.05) is 13.0 Å². The van der Waals surface area contributed by atoms with Crippen LogP contribution in [-0.2, 0) is 11.0 Å². The van der Waals surface area contributed by atoms with Crippen LogP contribution in [0.3, 0.4) is 0 Å². The van der Waals surface area contributed by atoms with E-state index < -0.39 is 17.6 Å². The molecule has 136 valence electrons. The molecule has 3 fully saturated rings. The number of carbonyl (C=O) groups excluding carboxylic acids is 2. The minimum Gasteiger partial charge on any atom is -0.338 e. The molecule has 3 saturated heterocycles. The zero-order valence-electron chi connectivity index (χ0n) is 14.1. The standard InChI is InChI=1S/C18H21F3N2O2/c1-2-8-23-15-7-6-13(17(23)25)10-22(11-15)16(24)12-4-3-5-14(9-12)18(19,20)21/h3-5,9,13,15H,2,6-8,10-11H2,1H3/t13-,15+/m1/s1. The van der Waals surface area contributed by atoms with Crippen LogP contribution in [0.15, 0.2) is 24.3 Å². The largest absolute Gasteiger partial charge is 0.416 e. The number of piperidine rings is 1. The highest BCUT2D eigenvalue weighted by atomic mass is 19.4. The zero-order valence-corrected chi connectivity index (χ0v) is 14.1. The Kier molecular flexibility index (Phi) is 4.75. The van der Waals surface area contributed by atoms with Gasteiger partial charge in [0.05, 0.1) is 11.5 Å². The van der Waals surface area contributed by atoms with E-state index in [9.17, 15) is 22.8 Å². The lowest BCUT2D eigenvalue weighted by Gasteiger charge is -2.35. The van der Waals surface area contributed by atoms with E-state index in [-0.39, 0.29) is 30.0 Å². The van der Waals surface area contributed by atoms with E-state index in [2.05, 4.69) is 0 Å². The summed E-state index contributed by atoms with van der Waals surface area (Å²) >= 11 is 0. The molecule has 3 heterocycles. The number of alkyl halides is 3. The molecule has 4 nitrogen and oxygen atoms in total. The fourth-order valence-corrected chi connectivity index (χ4v) is 3.75. The molecule has 4 rings (SSSR count). The van der Waals surface area contributed by atoms with Crippen molar-refractivity contribution < 1.29 is 22.8 Å². The molecule has 2 amide bonds. The van der Waals surface area contributed by atoms with E-state index in [1.807, 2.05) is 11.8 Å². The summed E-state index contributed by atoms with van der Waals surface area (Å²) in [6.45, 7) is 3.32. The molecule has 0 spiro atoms. The third-order valence-corrected chi connectivity index (χ3v) is 4.98. The summed E-state index contributed by atoms with van der Waals surface area (Å²) < 4.78 is 38.7. The van der Waals surface area contributed by atoms with Crippen molar-refractivity contribution in [1.82, 2.24) is 9.80 Å². The van der Waals surface area contributed by atoms with Crippen molar-refractivity contribution in [2.75, 3.05) is 19.6 Å². The second kappa shape index (κ2) is 6.69. The molecule has 0 aromatic heterocycles. The van der Waals surface area contributed by atoms with Crippen LogP contribution in [0.4, 0.5) is 13.2 Å². The van der Waals surface area contributed by atoms with Gasteiger partial charge in [-0.2, -0.15) is 13.2 Å². The SMILES string of the molecule is CCCN1C(=O)[C@@H]2CC[C@H]1CN(C(=O)c1cccc(C(F)(F)F)c1)C2. The van der Waals surface area contributed by atoms with Gasteiger partial charge in [0.15, 0.2) is 0 Å². The van der Waals surface area contributed by atoms with Crippen LogP contribution in [0, 0.1) is 5.92 Å². The number of carbonyl (C=O) groups is 2. The van der Waals surface area contributed by atoms with E-state index in [1.165, 1.54) is 12.1 Å². The first-order valence-corrected chi connectivity index (χ1v) is 8.58. The Balaban J connectivity index is 1.83. The smallest absolute Gasteiger partial charge is 0.338 e. The number of benzene rings is 1. The quantitative estimate of drug-likeness (QED) is 0.837. The Labute approximate surface area is 144 Å². The van der Waals surface area contributed by atoms with E-state index >= 15 is 0 Å². The normalized spacial score (nSPS) is 23.8. The van der Waals surface area contributed by atoms with Crippen molar-refractivity contribution in [3.05, 3.63) is 35.4 Å². The summed E-state index contributed by atoms with van der Waals surface area (Å²) in [5.41, 5.74) is -0.814. The first-order valence-electron chi connectivity index (χ1n) is 8.58. The minimum absolute atomic E-state index is 0.0191. The van der Waals surface area contributed by atoms with Crippen LogP contribution in [-0.4, -0.2) is 47.3 Å². The number of fused-ring (bicyclic) bond motifs is 4. The maximum absolute atomic E-state index is 12.9. The second-order valence-corrected chi connectivity index (χ2v) is 6.75. The Hall–Kier alpha value is -2.05. The maximum Gasteiger partial charge on any atom is 0.416 e. The molecule has 1 aromatic rings. The summed E-state index contributed by atoms with van der Waals surface area (Å²) in [5.74, 6) is -0.619. The summed E-state index contributed by atoms with van der Waals surface area (Å²) in [6.07, 6.45) is -2.07. The van der Waals surface area contributed by atoms with Crippen molar-refractivity contribution in [2.24, 2.45) is 5.92 Å². The summed E-state index contributed by atoms with van der Waals surface area (Å²) in [4.78, 5) is 28.7. The van der Waals surface area contributed by atoms with Gasteiger partial charge in [-0.3, -0.25) is 9.59 Å². The summed E-state index contributed by atoms with van der Waals surface area (Å²) in [6, 6.07) is 4.45. The molecule has 2 bridgehead atoms. The topological polar surface area (TPSA) is 40.6 Å².